The SMILES string of the molecule is CCc1nnc(C)n1NS(=O)(=O)c1ccc(C)cc1. The van der Waals surface area contributed by atoms with Crippen molar-refractivity contribution in [3.05, 3.63) is 41.5 Å². The largest absolute Gasteiger partial charge is 0.275 e. The second-order valence-corrected chi connectivity index (χ2v) is 5.92. The summed E-state index contributed by atoms with van der Waals surface area (Å²) in [5, 5.41) is 7.78. The number of hydrogen-bond acceptors (Lipinski definition) is 4. The Morgan fingerprint density at radius 3 is 2.37 bits per heavy atom. The van der Waals surface area contributed by atoms with Crippen LogP contribution < -0.4 is 4.83 Å². The Morgan fingerprint density at radius 1 is 1.16 bits per heavy atom. The second-order valence-electron chi connectivity index (χ2n) is 4.26. The first kappa shape index (κ1) is 13.5. The quantitative estimate of drug-likeness (QED) is 0.918. The molecule has 6 nitrogen and oxygen atoms in total. The Morgan fingerprint density at radius 2 is 1.79 bits per heavy atom. The van der Waals surface area contributed by atoms with Crippen molar-refractivity contribution in [1.82, 2.24) is 14.9 Å². The molecule has 7 heteroatoms. The average Bonchev–Trinajstić information content (AvgIpc) is 2.70. The topological polar surface area (TPSA) is 76.9 Å². The summed E-state index contributed by atoms with van der Waals surface area (Å²) in [6, 6.07) is 6.66. The van der Waals surface area contributed by atoms with E-state index in [1.165, 1.54) is 4.68 Å². The molecular formula is C12H16N4O2S. The average molecular weight is 280 g/mol. The van der Waals surface area contributed by atoms with Gasteiger partial charge in [-0.1, -0.05) is 24.6 Å². The van der Waals surface area contributed by atoms with Crippen molar-refractivity contribution < 1.29 is 8.42 Å². The molecule has 0 aliphatic rings. The summed E-state index contributed by atoms with van der Waals surface area (Å²) >= 11 is 0. The van der Waals surface area contributed by atoms with Crippen LogP contribution in [0.2, 0.25) is 0 Å². The summed E-state index contributed by atoms with van der Waals surface area (Å²) in [4.78, 5) is 2.70. The van der Waals surface area contributed by atoms with Crippen LogP contribution >= 0.6 is 0 Å². The summed E-state index contributed by atoms with van der Waals surface area (Å²) in [5.74, 6) is 1.08. The van der Waals surface area contributed by atoms with Crippen LogP contribution in [0, 0.1) is 13.8 Å². The van der Waals surface area contributed by atoms with Crippen LogP contribution in [0.1, 0.15) is 24.1 Å². The Labute approximate surface area is 112 Å². The lowest BCUT2D eigenvalue weighted by molar-refractivity contribution is 0.593. The Balaban J connectivity index is 2.36. The van der Waals surface area contributed by atoms with Crippen LogP contribution in [0.4, 0.5) is 0 Å². The summed E-state index contributed by atoms with van der Waals surface area (Å²) in [6.45, 7) is 5.49. The molecule has 0 radical (unpaired) electrons. The molecule has 0 fully saturated rings. The molecule has 1 aromatic carbocycles. The standard InChI is InChI=1S/C12H16N4O2S/c1-4-12-14-13-10(3)16(12)15-19(17,18)11-7-5-9(2)6-8-11/h5-8,15H,4H2,1-3H3. The number of aromatic nitrogens is 3. The van der Waals surface area contributed by atoms with Crippen molar-refractivity contribution in [2.45, 2.75) is 32.1 Å². The molecule has 19 heavy (non-hydrogen) atoms. The summed E-state index contributed by atoms with van der Waals surface area (Å²) in [6.07, 6.45) is 0.595. The Kier molecular flexibility index (Phi) is 3.57. The number of rotatable bonds is 4. The van der Waals surface area contributed by atoms with Crippen molar-refractivity contribution in [2.24, 2.45) is 0 Å². The van der Waals surface area contributed by atoms with E-state index in [-0.39, 0.29) is 4.90 Å². The van der Waals surface area contributed by atoms with E-state index in [1.54, 1.807) is 31.2 Å². The van der Waals surface area contributed by atoms with Crippen LogP contribution in [0.15, 0.2) is 29.2 Å². The predicted octanol–water partition coefficient (Wildman–Crippen LogP) is 1.39. The van der Waals surface area contributed by atoms with Gasteiger partial charge in [-0.3, -0.25) is 0 Å². The van der Waals surface area contributed by atoms with Crippen molar-refractivity contribution >= 4 is 10.0 Å². The molecule has 0 atom stereocenters. The number of aryl methyl sites for hydroxylation is 3. The van der Waals surface area contributed by atoms with Gasteiger partial charge in [0, 0.05) is 6.42 Å². The number of nitrogens with zero attached hydrogens (tertiary/aromatic N) is 3. The van der Waals surface area contributed by atoms with Crippen molar-refractivity contribution in [1.29, 1.82) is 0 Å². The predicted molar refractivity (Wildman–Crippen MR) is 71.9 cm³/mol. The first-order valence-electron chi connectivity index (χ1n) is 5.94. The van der Waals surface area contributed by atoms with Crippen LogP contribution in [-0.2, 0) is 16.4 Å². The molecule has 2 rings (SSSR count). The number of benzene rings is 1. The zero-order valence-corrected chi connectivity index (χ0v) is 11.9. The van der Waals surface area contributed by atoms with E-state index in [2.05, 4.69) is 15.0 Å². The Hall–Kier alpha value is -1.89. The highest BCUT2D eigenvalue weighted by Gasteiger charge is 2.17. The Bertz CT molecular complexity index is 674. The van der Waals surface area contributed by atoms with Gasteiger partial charge in [-0.25, -0.2) is 9.51 Å². The number of hydrogen-bond donors (Lipinski definition) is 1. The molecule has 0 aliphatic heterocycles. The van der Waals surface area contributed by atoms with Gasteiger partial charge in [0.15, 0.2) is 5.82 Å². The fraction of sp³-hybridized carbons (Fsp3) is 0.333. The molecule has 0 spiro atoms. The molecule has 1 heterocycles. The third-order valence-electron chi connectivity index (χ3n) is 2.75. The van der Waals surface area contributed by atoms with Crippen molar-refractivity contribution in [3.63, 3.8) is 0 Å². The minimum absolute atomic E-state index is 0.216. The van der Waals surface area contributed by atoms with Gasteiger partial charge in [0.05, 0.1) is 4.90 Å². The molecule has 0 amide bonds. The van der Waals surface area contributed by atoms with Gasteiger partial charge in [-0.15, -0.1) is 10.2 Å². The summed E-state index contributed by atoms with van der Waals surface area (Å²) in [7, 11) is -3.62. The molecule has 0 saturated carbocycles. The molecule has 0 aliphatic carbocycles. The van der Waals surface area contributed by atoms with E-state index in [0.717, 1.165) is 5.56 Å². The van der Waals surface area contributed by atoms with Crippen LogP contribution in [0.25, 0.3) is 0 Å². The smallest absolute Gasteiger partial charge is 0.215 e. The first-order chi connectivity index (χ1) is 8.94. The molecule has 0 bridgehead atoms. The lowest BCUT2D eigenvalue weighted by atomic mass is 10.2. The van der Waals surface area contributed by atoms with Crippen molar-refractivity contribution in [3.8, 4) is 0 Å². The van der Waals surface area contributed by atoms with Gasteiger partial charge in [0.1, 0.15) is 5.82 Å². The molecule has 1 N–H and O–H groups in total. The highest BCUT2D eigenvalue weighted by molar-refractivity contribution is 7.92. The molecular weight excluding hydrogens is 264 g/mol. The van der Waals surface area contributed by atoms with E-state index >= 15 is 0 Å². The normalized spacial score (nSPS) is 11.5. The lowest BCUT2D eigenvalue weighted by Crippen LogP contribution is -2.26. The monoisotopic (exact) mass is 280 g/mol. The number of sulfonamides is 1. The van der Waals surface area contributed by atoms with Gasteiger partial charge < -0.3 is 0 Å². The molecule has 0 saturated heterocycles. The third kappa shape index (κ3) is 2.76. The minimum atomic E-state index is -3.62. The maximum absolute atomic E-state index is 12.2. The van der Waals surface area contributed by atoms with Crippen molar-refractivity contribution in [2.75, 3.05) is 4.83 Å². The first-order valence-corrected chi connectivity index (χ1v) is 7.42. The number of nitrogens with one attached hydrogen (secondary N) is 1. The van der Waals surface area contributed by atoms with E-state index in [9.17, 15) is 8.42 Å². The molecule has 1 aromatic heterocycles. The zero-order valence-electron chi connectivity index (χ0n) is 11.1. The van der Waals surface area contributed by atoms with E-state index in [1.807, 2.05) is 13.8 Å². The van der Waals surface area contributed by atoms with Gasteiger partial charge in [0.2, 0.25) is 0 Å². The van der Waals surface area contributed by atoms with Crippen LogP contribution in [0.5, 0.6) is 0 Å². The van der Waals surface area contributed by atoms with Crippen LogP contribution in [-0.4, -0.2) is 23.3 Å². The van der Waals surface area contributed by atoms with E-state index < -0.39 is 10.0 Å². The lowest BCUT2D eigenvalue weighted by Gasteiger charge is -2.11. The van der Waals surface area contributed by atoms with E-state index in [0.29, 0.717) is 18.1 Å². The van der Waals surface area contributed by atoms with Gasteiger partial charge in [-0.2, -0.15) is 8.42 Å². The van der Waals surface area contributed by atoms with Crippen LogP contribution in [0.3, 0.4) is 0 Å². The fourth-order valence-electron chi connectivity index (χ4n) is 1.64. The molecule has 2 aromatic rings. The van der Waals surface area contributed by atoms with Gasteiger partial charge in [-0.05, 0) is 26.0 Å². The highest BCUT2D eigenvalue weighted by atomic mass is 32.2. The molecule has 0 unspecified atom stereocenters. The zero-order chi connectivity index (χ0) is 14.0. The summed E-state index contributed by atoms with van der Waals surface area (Å²) in [5.41, 5.74) is 1.01. The maximum Gasteiger partial charge on any atom is 0.275 e. The van der Waals surface area contributed by atoms with E-state index in [4.69, 9.17) is 0 Å². The van der Waals surface area contributed by atoms with Gasteiger partial charge >= 0.3 is 0 Å². The maximum atomic E-state index is 12.2. The second kappa shape index (κ2) is 5.00. The third-order valence-corrected chi connectivity index (χ3v) is 4.07. The fourth-order valence-corrected chi connectivity index (χ4v) is 2.72. The minimum Gasteiger partial charge on any atom is -0.215 e. The van der Waals surface area contributed by atoms with Gasteiger partial charge in [0.25, 0.3) is 10.0 Å². The summed E-state index contributed by atoms with van der Waals surface area (Å²) < 4.78 is 25.9. The molecule has 102 valence electrons. The highest BCUT2D eigenvalue weighted by Crippen LogP contribution is 2.12.